The zero-order chi connectivity index (χ0) is 20.2. The van der Waals surface area contributed by atoms with Crippen molar-refractivity contribution in [2.75, 3.05) is 0 Å². The van der Waals surface area contributed by atoms with E-state index < -0.39 is 0 Å². The van der Waals surface area contributed by atoms with Crippen molar-refractivity contribution < 1.29 is 4.52 Å². The first-order valence-corrected chi connectivity index (χ1v) is 9.97. The molecule has 0 saturated heterocycles. The van der Waals surface area contributed by atoms with Gasteiger partial charge < -0.3 is 4.52 Å². The van der Waals surface area contributed by atoms with Crippen LogP contribution in [0.1, 0.15) is 22.7 Å². The first-order valence-electron chi connectivity index (χ1n) is 9.97. The van der Waals surface area contributed by atoms with Crippen LogP contribution in [-0.2, 0) is 0 Å². The molecule has 0 unspecified atom stereocenters. The standard InChI is InChI=1S/C27H20N2O/c1-3-11-20(12-4-1)26(21-13-5-2-6-14-21)28-19-22-15-7-8-16-23(22)27-24-17-9-10-18-25(24)30-29-27/h1-19,26H/b28-19-. The zero-order valence-electron chi connectivity index (χ0n) is 16.3. The van der Waals surface area contributed by atoms with Gasteiger partial charge in [0.05, 0.1) is 6.04 Å². The van der Waals surface area contributed by atoms with Gasteiger partial charge in [-0.25, -0.2) is 0 Å². The molecule has 1 heterocycles. The van der Waals surface area contributed by atoms with Crippen molar-refractivity contribution in [2.45, 2.75) is 6.04 Å². The summed E-state index contributed by atoms with van der Waals surface area (Å²) < 4.78 is 5.53. The molecule has 0 atom stereocenters. The minimum absolute atomic E-state index is 0.0745. The maximum absolute atomic E-state index is 5.53. The summed E-state index contributed by atoms with van der Waals surface area (Å²) in [6, 6.07) is 36.7. The van der Waals surface area contributed by atoms with Crippen LogP contribution in [0.5, 0.6) is 0 Å². The quantitative estimate of drug-likeness (QED) is 0.314. The third-order valence-electron chi connectivity index (χ3n) is 5.19. The monoisotopic (exact) mass is 388 g/mol. The molecule has 0 amide bonds. The van der Waals surface area contributed by atoms with Crippen LogP contribution in [0, 0.1) is 0 Å². The Kier molecular flexibility index (Phi) is 4.93. The average Bonchev–Trinajstić information content (AvgIpc) is 3.25. The van der Waals surface area contributed by atoms with E-state index in [1.54, 1.807) is 0 Å². The highest BCUT2D eigenvalue weighted by molar-refractivity contribution is 5.98. The maximum atomic E-state index is 5.53. The van der Waals surface area contributed by atoms with E-state index >= 15 is 0 Å². The number of rotatable bonds is 5. The molecule has 0 aliphatic carbocycles. The fourth-order valence-corrected chi connectivity index (χ4v) is 3.70. The van der Waals surface area contributed by atoms with Crippen LogP contribution in [0.2, 0.25) is 0 Å². The minimum atomic E-state index is -0.0745. The highest BCUT2D eigenvalue weighted by atomic mass is 16.5. The largest absolute Gasteiger partial charge is 0.356 e. The second kappa shape index (κ2) is 8.18. The number of aliphatic imine (C=N–C) groups is 1. The van der Waals surface area contributed by atoms with Crippen LogP contribution < -0.4 is 0 Å². The van der Waals surface area contributed by atoms with Gasteiger partial charge in [0.15, 0.2) is 5.58 Å². The van der Waals surface area contributed by atoms with Gasteiger partial charge in [-0.15, -0.1) is 0 Å². The van der Waals surface area contributed by atoms with E-state index in [1.165, 1.54) is 0 Å². The molecule has 0 radical (unpaired) electrons. The summed E-state index contributed by atoms with van der Waals surface area (Å²) in [6.45, 7) is 0. The molecule has 3 heteroatoms. The summed E-state index contributed by atoms with van der Waals surface area (Å²) >= 11 is 0. The van der Waals surface area contributed by atoms with Gasteiger partial charge in [0.2, 0.25) is 0 Å². The van der Waals surface area contributed by atoms with E-state index in [0.29, 0.717) is 0 Å². The number of fused-ring (bicyclic) bond motifs is 1. The minimum Gasteiger partial charge on any atom is -0.356 e. The Hall–Kier alpha value is -3.98. The highest BCUT2D eigenvalue weighted by Gasteiger charge is 2.14. The molecule has 0 spiro atoms. The molecule has 0 bridgehead atoms. The van der Waals surface area contributed by atoms with Crippen LogP contribution in [0.25, 0.3) is 22.2 Å². The number of hydrogen-bond donors (Lipinski definition) is 0. The predicted molar refractivity (Wildman–Crippen MR) is 122 cm³/mol. The van der Waals surface area contributed by atoms with Gasteiger partial charge in [-0.05, 0) is 23.3 Å². The molecular weight excluding hydrogens is 368 g/mol. The molecule has 144 valence electrons. The summed E-state index contributed by atoms with van der Waals surface area (Å²) in [4.78, 5) is 5.00. The molecule has 5 rings (SSSR count). The van der Waals surface area contributed by atoms with Gasteiger partial charge >= 0.3 is 0 Å². The van der Waals surface area contributed by atoms with Crippen molar-refractivity contribution in [1.29, 1.82) is 0 Å². The lowest BCUT2D eigenvalue weighted by Crippen LogP contribution is -1.99. The fourth-order valence-electron chi connectivity index (χ4n) is 3.70. The number of benzene rings is 4. The van der Waals surface area contributed by atoms with Gasteiger partial charge in [0.1, 0.15) is 5.69 Å². The Balaban J connectivity index is 1.58. The molecule has 1 aromatic heterocycles. The topological polar surface area (TPSA) is 38.4 Å². The van der Waals surface area contributed by atoms with Crippen molar-refractivity contribution in [3.63, 3.8) is 0 Å². The van der Waals surface area contributed by atoms with Crippen LogP contribution in [0.3, 0.4) is 0 Å². The van der Waals surface area contributed by atoms with Crippen LogP contribution in [0.4, 0.5) is 0 Å². The normalized spacial score (nSPS) is 11.5. The molecule has 0 fully saturated rings. The summed E-state index contributed by atoms with van der Waals surface area (Å²) in [5, 5.41) is 5.33. The Labute approximate surface area is 175 Å². The van der Waals surface area contributed by atoms with Crippen molar-refractivity contribution in [2.24, 2.45) is 4.99 Å². The van der Waals surface area contributed by atoms with E-state index in [9.17, 15) is 0 Å². The van der Waals surface area contributed by atoms with Crippen molar-refractivity contribution >= 4 is 17.2 Å². The molecule has 0 aliphatic heterocycles. The number of nitrogens with zero attached hydrogens (tertiary/aromatic N) is 2. The van der Waals surface area contributed by atoms with Gasteiger partial charge in [-0.1, -0.05) is 102 Å². The Morgan fingerprint density at radius 1 is 0.667 bits per heavy atom. The highest BCUT2D eigenvalue weighted by Crippen LogP contribution is 2.31. The van der Waals surface area contributed by atoms with Gasteiger partial charge in [0.25, 0.3) is 0 Å². The number of hydrogen-bond acceptors (Lipinski definition) is 3. The van der Waals surface area contributed by atoms with Gasteiger partial charge in [-0.3, -0.25) is 4.99 Å². The smallest absolute Gasteiger partial charge is 0.167 e. The second-order valence-corrected chi connectivity index (χ2v) is 7.12. The number of para-hydroxylation sites is 1. The molecule has 4 aromatic carbocycles. The third-order valence-corrected chi connectivity index (χ3v) is 5.19. The van der Waals surface area contributed by atoms with Gasteiger partial charge in [-0.2, -0.15) is 0 Å². The molecule has 5 aromatic rings. The fraction of sp³-hybridized carbons (Fsp3) is 0.0370. The SMILES string of the molecule is C(=N/C(c1ccccc1)c1ccccc1)/c1ccccc1-c1noc2ccccc12. The average molecular weight is 388 g/mol. The zero-order valence-corrected chi connectivity index (χ0v) is 16.3. The van der Waals surface area contributed by atoms with Gasteiger partial charge in [0, 0.05) is 22.7 Å². The molecule has 3 nitrogen and oxygen atoms in total. The number of aromatic nitrogens is 1. The molecule has 0 N–H and O–H groups in total. The summed E-state index contributed by atoms with van der Waals surface area (Å²) in [5.41, 5.74) is 5.95. The van der Waals surface area contributed by atoms with Crippen molar-refractivity contribution in [3.8, 4) is 11.3 Å². The third kappa shape index (κ3) is 3.53. The summed E-state index contributed by atoms with van der Waals surface area (Å²) in [6.07, 6.45) is 1.95. The van der Waals surface area contributed by atoms with Crippen LogP contribution in [0.15, 0.2) is 119 Å². The molecular formula is C27H20N2O. The first-order chi connectivity index (χ1) is 14.9. The van der Waals surface area contributed by atoms with Crippen LogP contribution in [-0.4, -0.2) is 11.4 Å². The predicted octanol–water partition coefficient (Wildman–Crippen LogP) is 6.70. The summed E-state index contributed by atoms with van der Waals surface area (Å²) in [7, 11) is 0. The van der Waals surface area contributed by atoms with Crippen molar-refractivity contribution in [3.05, 3.63) is 126 Å². The second-order valence-electron chi connectivity index (χ2n) is 7.12. The van der Waals surface area contributed by atoms with Crippen molar-refractivity contribution in [1.82, 2.24) is 5.16 Å². The molecule has 0 aliphatic rings. The van der Waals surface area contributed by atoms with E-state index in [4.69, 9.17) is 9.52 Å². The molecule has 0 saturated carbocycles. The van der Waals surface area contributed by atoms with E-state index in [2.05, 4.69) is 65.8 Å². The first kappa shape index (κ1) is 18.1. The van der Waals surface area contributed by atoms with Crippen LogP contribution >= 0.6 is 0 Å². The Morgan fingerprint density at radius 2 is 1.27 bits per heavy atom. The Bertz CT molecular complexity index is 1250. The molecule has 30 heavy (non-hydrogen) atoms. The maximum Gasteiger partial charge on any atom is 0.167 e. The Morgan fingerprint density at radius 3 is 2.00 bits per heavy atom. The summed E-state index contributed by atoms with van der Waals surface area (Å²) in [5.74, 6) is 0. The lowest BCUT2D eigenvalue weighted by Gasteiger charge is -2.14. The van der Waals surface area contributed by atoms with E-state index in [1.807, 2.05) is 54.7 Å². The van der Waals surface area contributed by atoms with E-state index in [0.717, 1.165) is 38.9 Å². The lowest BCUT2D eigenvalue weighted by molar-refractivity contribution is 0.459. The van der Waals surface area contributed by atoms with E-state index in [-0.39, 0.29) is 6.04 Å². The lowest BCUT2D eigenvalue weighted by atomic mass is 9.99.